The third-order valence-corrected chi connectivity index (χ3v) is 5.81. The average molecular weight is 300 g/mol. The first kappa shape index (κ1) is 15.5. The maximum atomic E-state index is 10.5. The van der Waals surface area contributed by atoms with Crippen molar-refractivity contribution in [1.82, 2.24) is 0 Å². The molecular formula is C20H28O2. The van der Waals surface area contributed by atoms with Gasteiger partial charge in [-0.3, -0.25) is 0 Å². The SMILES string of the molecule is CC(C)=CC1C[C@@H](C)C2CC[C@H](C)c3c(O)c(O)c(C)c1c32. The lowest BCUT2D eigenvalue weighted by atomic mass is 9.62. The number of aromatic hydroxyl groups is 2. The van der Waals surface area contributed by atoms with Crippen LogP contribution in [0.3, 0.4) is 0 Å². The van der Waals surface area contributed by atoms with E-state index >= 15 is 0 Å². The van der Waals surface area contributed by atoms with E-state index in [1.54, 1.807) is 0 Å². The van der Waals surface area contributed by atoms with Gasteiger partial charge in [0.2, 0.25) is 0 Å². The molecule has 1 aromatic carbocycles. The Morgan fingerprint density at radius 3 is 2.32 bits per heavy atom. The summed E-state index contributed by atoms with van der Waals surface area (Å²) in [6.45, 7) is 10.8. The molecule has 4 atom stereocenters. The van der Waals surface area contributed by atoms with Crippen LogP contribution in [0.4, 0.5) is 0 Å². The molecule has 0 saturated heterocycles. The lowest BCUT2D eigenvalue weighted by Gasteiger charge is -2.43. The van der Waals surface area contributed by atoms with Crippen molar-refractivity contribution in [3.05, 3.63) is 33.9 Å². The van der Waals surface area contributed by atoms with Crippen molar-refractivity contribution in [2.24, 2.45) is 5.92 Å². The first-order chi connectivity index (χ1) is 10.3. The van der Waals surface area contributed by atoms with Crippen LogP contribution in [0.1, 0.15) is 87.0 Å². The van der Waals surface area contributed by atoms with Gasteiger partial charge in [-0.1, -0.05) is 25.5 Å². The molecule has 0 aliphatic heterocycles. The summed E-state index contributed by atoms with van der Waals surface area (Å²) in [5.41, 5.74) is 5.87. The Morgan fingerprint density at radius 1 is 1.00 bits per heavy atom. The fourth-order valence-corrected chi connectivity index (χ4v) is 4.81. The third-order valence-electron chi connectivity index (χ3n) is 5.81. The summed E-state index contributed by atoms with van der Waals surface area (Å²) in [4.78, 5) is 0. The fourth-order valence-electron chi connectivity index (χ4n) is 4.81. The van der Waals surface area contributed by atoms with Crippen LogP contribution in [0.5, 0.6) is 11.5 Å². The lowest BCUT2D eigenvalue weighted by Crippen LogP contribution is -2.28. The van der Waals surface area contributed by atoms with E-state index < -0.39 is 0 Å². The Balaban J connectivity index is 2.33. The number of rotatable bonds is 1. The molecule has 0 aromatic heterocycles. The smallest absolute Gasteiger partial charge is 0.161 e. The van der Waals surface area contributed by atoms with Crippen LogP contribution in [-0.2, 0) is 0 Å². The zero-order valence-corrected chi connectivity index (χ0v) is 14.4. The number of phenolic OH excluding ortho intramolecular Hbond substituents is 2. The predicted octanol–water partition coefficient (Wildman–Crippen LogP) is 5.48. The van der Waals surface area contributed by atoms with Crippen molar-refractivity contribution in [3.8, 4) is 11.5 Å². The largest absolute Gasteiger partial charge is 0.504 e. The van der Waals surface area contributed by atoms with Gasteiger partial charge in [-0.2, -0.15) is 0 Å². The molecule has 2 aliphatic carbocycles. The second kappa shape index (κ2) is 5.33. The molecule has 0 saturated carbocycles. The normalized spacial score (nSPS) is 29.9. The molecule has 0 fully saturated rings. The first-order valence-electron chi connectivity index (χ1n) is 8.56. The van der Waals surface area contributed by atoms with Gasteiger partial charge >= 0.3 is 0 Å². The maximum Gasteiger partial charge on any atom is 0.161 e. The Hall–Kier alpha value is -1.44. The third kappa shape index (κ3) is 2.15. The summed E-state index contributed by atoms with van der Waals surface area (Å²) in [6, 6.07) is 0. The molecule has 2 aliphatic rings. The Labute approximate surface area is 133 Å². The lowest BCUT2D eigenvalue weighted by molar-refractivity contribution is 0.318. The van der Waals surface area contributed by atoms with Crippen LogP contribution < -0.4 is 0 Å². The minimum absolute atomic E-state index is 0.1000. The molecule has 0 amide bonds. The number of allylic oxidation sites excluding steroid dienone is 2. The number of phenols is 2. The van der Waals surface area contributed by atoms with Crippen LogP contribution in [0.2, 0.25) is 0 Å². The molecule has 0 spiro atoms. The molecule has 0 heterocycles. The van der Waals surface area contributed by atoms with Gasteiger partial charge in [0, 0.05) is 11.5 Å². The van der Waals surface area contributed by atoms with Crippen molar-refractivity contribution in [2.45, 2.75) is 71.6 Å². The topological polar surface area (TPSA) is 40.5 Å². The van der Waals surface area contributed by atoms with Gasteiger partial charge in [0.05, 0.1) is 0 Å². The van der Waals surface area contributed by atoms with E-state index in [2.05, 4.69) is 33.8 Å². The highest BCUT2D eigenvalue weighted by atomic mass is 16.3. The highest BCUT2D eigenvalue weighted by molar-refractivity contribution is 5.63. The van der Waals surface area contributed by atoms with Gasteiger partial charge in [-0.15, -0.1) is 0 Å². The van der Waals surface area contributed by atoms with E-state index in [9.17, 15) is 10.2 Å². The zero-order valence-electron chi connectivity index (χ0n) is 14.4. The van der Waals surface area contributed by atoms with E-state index in [-0.39, 0.29) is 11.5 Å². The van der Waals surface area contributed by atoms with Crippen molar-refractivity contribution in [1.29, 1.82) is 0 Å². The summed E-state index contributed by atoms with van der Waals surface area (Å²) in [6.07, 6.45) is 5.78. The van der Waals surface area contributed by atoms with Crippen molar-refractivity contribution >= 4 is 0 Å². The number of hydrogen-bond donors (Lipinski definition) is 2. The van der Waals surface area contributed by atoms with E-state index in [0.29, 0.717) is 23.7 Å². The summed E-state index contributed by atoms with van der Waals surface area (Å²) in [7, 11) is 0. The standard InChI is InChI=1S/C20H28O2/c1-10(2)8-14-9-12(4)15-7-6-11(3)16-18(15)17(14)13(5)19(21)20(16)22/h8,11-12,14-15,21-22H,6-7,9H2,1-5H3/t11-,12+,14?,15?/m0/s1. The Kier molecular flexibility index (Phi) is 3.74. The summed E-state index contributed by atoms with van der Waals surface area (Å²) >= 11 is 0. The highest BCUT2D eigenvalue weighted by Crippen LogP contribution is 2.57. The van der Waals surface area contributed by atoms with E-state index in [1.807, 2.05) is 6.92 Å². The van der Waals surface area contributed by atoms with Crippen LogP contribution in [-0.4, -0.2) is 10.2 Å². The molecule has 2 heteroatoms. The molecule has 2 nitrogen and oxygen atoms in total. The van der Waals surface area contributed by atoms with Gasteiger partial charge in [0.1, 0.15) is 0 Å². The molecule has 2 N–H and O–H groups in total. The molecule has 3 rings (SSSR count). The zero-order chi connectivity index (χ0) is 16.2. The van der Waals surface area contributed by atoms with Crippen molar-refractivity contribution in [3.63, 3.8) is 0 Å². The molecule has 2 unspecified atom stereocenters. The van der Waals surface area contributed by atoms with E-state index in [4.69, 9.17) is 0 Å². The fraction of sp³-hybridized carbons (Fsp3) is 0.600. The highest BCUT2D eigenvalue weighted by Gasteiger charge is 2.40. The summed E-state index contributed by atoms with van der Waals surface area (Å²) < 4.78 is 0. The quantitative estimate of drug-likeness (QED) is 0.533. The molecule has 1 aromatic rings. The minimum atomic E-state index is 0.1000. The van der Waals surface area contributed by atoms with Gasteiger partial charge in [-0.05, 0) is 74.5 Å². The second-order valence-electron chi connectivity index (χ2n) is 7.71. The maximum absolute atomic E-state index is 10.5. The first-order valence-corrected chi connectivity index (χ1v) is 8.56. The van der Waals surface area contributed by atoms with E-state index in [1.165, 1.54) is 23.1 Å². The molecule has 120 valence electrons. The molecular weight excluding hydrogens is 272 g/mol. The van der Waals surface area contributed by atoms with Crippen molar-refractivity contribution in [2.75, 3.05) is 0 Å². The van der Waals surface area contributed by atoms with E-state index in [0.717, 1.165) is 24.0 Å². The minimum Gasteiger partial charge on any atom is -0.504 e. The van der Waals surface area contributed by atoms with Crippen LogP contribution in [0.25, 0.3) is 0 Å². The van der Waals surface area contributed by atoms with Crippen molar-refractivity contribution < 1.29 is 10.2 Å². The molecule has 22 heavy (non-hydrogen) atoms. The molecule has 0 bridgehead atoms. The average Bonchev–Trinajstić information content (AvgIpc) is 2.43. The Morgan fingerprint density at radius 2 is 1.68 bits per heavy atom. The second-order valence-corrected chi connectivity index (χ2v) is 7.71. The summed E-state index contributed by atoms with van der Waals surface area (Å²) in [5.74, 6) is 2.09. The van der Waals surface area contributed by atoms with Gasteiger partial charge < -0.3 is 10.2 Å². The van der Waals surface area contributed by atoms with Crippen LogP contribution in [0.15, 0.2) is 11.6 Å². The summed E-state index contributed by atoms with van der Waals surface area (Å²) in [5, 5.41) is 21.0. The number of benzene rings is 1. The molecule has 0 radical (unpaired) electrons. The number of hydrogen-bond acceptors (Lipinski definition) is 2. The van der Waals surface area contributed by atoms with Gasteiger partial charge in [0.25, 0.3) is 0 Å². The van der Waals surface area contributed by atoms with Crippen LogP contribution in [0, 0.1) is 12.8 Å². The van der Waals surface area contributed by atoms with Crippen LogP contribution >= 0.6 is 0 Å². The van der Waals surface area contributed by atoms with Gasteiger partial charge in [-0.25, -0.2) is 0 Å². The predicted molar refractivity (Wildman–Crippen MR) is 90.9 cm³/mol. The Bertz CT molecular complexity index is 638. The monoisotopic (exact) mass is 300 g/mol. The van der Waals surface area contributed by atoms with Gasteiger partial charge in [0.15, 0.2) is 11.5 Å².